The van der Waals surface area contributed by atoms with Gasteiger partial charge in [0.05, 0.1) is 12.7 Å². The Hall–Kier alpha value is -2.89. The Morgan fingerprint density at radius 1 is 1.35 bits per heavy atom. The number of anilines is 1. The van der Waals surface area contributed by atoms with E-state index in [1.54, 1.807) is 13.2 Å². The molecule has 0 unspecified atom stereocenters. The van der Waals surface area contributed by atoms with Crippen molar-refractivity contribution in [3.63, 3.8) is 0 Å². The molecule has 1 aromatic heterocycles. The second kappa shape index (κ2) is 8.53. The molecule has 2 rings (SSSR count). The zero-order chi connectivity index (χ0) is 16.5. The van der Waals surface area contributed by atoms with Gasteiger partial charge in [-0.2, -0.15) is 0 Å². The molecule has 2 N–H and O–H groups in total. The topological polar surface area (TPSA) is 76.1 Å². The number of methoxy groups -OCH3 is 1. The van der Waals surface area contributed by atoms with Gasteiger partial charge >= 0.3 is 0 Å². The number of carbonyl (C=O) groups is 1. The lowest BCUT2D eigenvalue weighted by Gasteiger charge is -2.07. The van der Waals surface area contributed by atoms with Crippen molar-refractivity contribution in [2.75, 3.05) is 25.5 Å². The van der Waals surface area contributed by atoms with Crippen molar-refractivity contribution in [2.45, 2.75) is 6.42 Å². The Bertz CT molecular complexity index is 656. The molecule has 6 heteroatoms. The highest BCUT2D eigenvalue weighted by molar-refractivity contribution is 5.93. The van der Waals surface area contributed by atoms with Crippen LogP contribution in [0.15, 0.2) is 49.3 Å². The van der Waals surface area contributed by atoms with Gasteiger partial charge in [-0.25, -0.2) is 9.97 Å². The second-order valence-corrected chi connectivity index (χ2v) is 4.82. The molecule has 0 saturated carbocycles. The van der Waals surface area contributed by atoms with E-state index < -0.39 is 0 Å². The number of hydrogen-bond acceptors (Lipinski definition) is 5. The Morgan fingerprint density at radius 2 is 2.13 bits per heavy atom. The predicted octanol–water partition coefficient (Wildman–Crippen LogP) is 2.06. The number of ether oxygens (including phenoxy) is 1. The zero-order valence-corrected chi connectivity index (χ0v) is 13.1. The van der Waals surface area contributed by atoms with E-state index in [0.717, 1.165) is 17.7 Å². The van der Waals surface area contributed by atoms with Gasteiger partial charge in [0, 0.05) is 25.5 Å². The second-order valence-electron chi connectivity index (χ2n) is 4.82. The first kappa shape index (κ1) is 16.5. The van der Waals surface area contributed by atoms with Crippen LogP contribution in [0.4, 0.5) is 5.95 Å². The maximum absolute atomic E-state index is 11.7. The Labute approximate surface area is 135 Å². The van der Waals surface area contributed by atoms with Crippen molar-refractivity contribution in [3.05, 3.63) is 60.4 Å². The van der Waals surface area contributed by atoms with Crippen molar-refractivity contribution >= 4 is 11.9 Å². The van der Waals surface area contributed by atoms with Crippen molar-refractivity contribution < 1.29 is 9.53 Å². The molecule has 0 aliphatic rings. The molecule has 0 spiro atoms. The molecule has 0 atom stereocenters. The van der Waals surface area contributed by atoms with Gasteiger partial charge in [0.1, 0.15) is 5.75 Å². The number of hydrogen-bond donors (Lipinski definition) is 2. The average Bonchev–Trinajstić information content (AvgIpc) is 2.60. The molecule has 0 bridgehead atoms. The lowest BCUT2D eigenvalue weighted by molar-refractivity contribution is 0.0957. The molecule has 23 heavy (non-hydrogen) atoms. The third-order valence-electron chi connectivity index (χ3n) is 3.15. The molecule has 2 aromatic rings. The van der Waals surface area contributed by atoms with Crippen LogP contribution in [-0.2, 0) is 6.42 Å². The predicted molar refractivity (Wildman–Crippen MR) is 89.7 cm³/mol. The molecule has 6 nitrogen and oxygen atoms in total. The highest BCUT2D eigenvalue weighted by atomic mass is 16.5. The minimum atomic E-state index is -0.215. The largest absolute Gasteiger partial charge is 0.497 e. The quantitative estimate of drug-likeness (QED) is 0.730. The standard InChI is InChI=1S/C17H20N4O2/c1-3-8-18-16(22)14-11-20-17(21-12-14)19-9-7-13-5-4-6-15(10-13)23-2/h3-6,10-12H,1,7-9H2,2H3,(H,18,22)(H,19,20,21). The summed E-state index contributed by atoms with van der Waals surface area (Å²) in [5.41, 5.74) is 1.59. The van der Waals surface area contributed by atoms with Crippen LogP contribution in [0.3, 0.4) is 0 Å². The molecule has 1 aromatic carbocycles. The molecule has 0 fully saturated rings. The van der Waals surface area contributed by atoms with Crippen LogP contribution in [-0.4, -0.2) is 36.1 Å². The maximum Gasteiger partial charge on any atom is 0.254 e. The molecule has 120 valence electrons. The van der Waals surface area contributed by atoms with Crippen LogP contribution in [0, 0.1) is 0 Å². The maximum atomic E-state index is 11.7. The summed E-state index contributed by atoms with van der Waals surface area (Å²) in [6.07, 6.45) is 5.44. The lowest BCUT2D eigenvalue weighted by Crippen LogP contribution is -2.23. The van der Waals surface area contributed by atoms with Crippen molar-refractivity contribution in [1.29, 1.82) is 0 Å². The summed E-state index contributed by atoms with van der Waals surface area (Å²) in [4.78, 5) is 20.0. The SMILES string of the molecule is C=CCNC(=O)c1cnc(NCCc2cccc(OC)c2)nc1. The van der Waals surface area contributed by atoms with Crippen LogP contribution in [0.25, 0.3) is 0 Å². The molecule has 0 saturated heterocycles. The van der Waals surface area contributed by atoms with E-state index in [1.165, 1.54) is 12.4 Å². The number of nitrogens with zero attached hydrogens (tertiary/aromatic N) is 2. The van der Waals surface area contributed by atoms with Gasteiger partial charge in [-0.05, 0) is 24.1 Å². The van der Waals surface area contributed by atoms with E-state index in [9.17, 15) is 4.79 Å². The first-order chi connectivity index (χ1) is 11.2. The van der Waals surface area contributed by atoms with Crippen LogP contribution in [0.2, 0.25) is 0 Å². The summed E-state index contributed by atoms with van der Waals surface area (Å²) in [6.45, 7) is 4.65. The summed E-state index contributed by atoms with van der Waals surface area (Å²) in [5.74, 6) is 1.12. The van der Waals surface area contributed by atoms with Crippen LogP contribution in [0.5, 0.6) is 5.75 Å². The number of benzene rings is 1. The number of aromatic nitrogens is 2. The van der Waals surface area contributed by atoms with E-state index in [-0.39, 0.29) is 5.91 Å². The summed E-state index contributed by atoms with van der Waals surface area (Å²) >= 11 is 0. The van der Waals surface area contributed by atoms with Crippen LogP contribution in [0.1, 0.15) is 15.9 Å². The Balaban J connectivity index is 1.84. The van der Waals surface area contributed by atoms with E-state index >= 15 is 0 Å². The fourth-order valence-electron chi connectivity index (χ4n) is 1.95. The Morgan fingerprint density at radius 3 is 2.83 bits per heavy atom. The van der Waals surface area contributed by atoms with Crippen LogP contribution < -0.4 is 15.4 Å². The fraction of sp³-hybridized carbons (Fsp3) is 0.235. The number of carbonyl (C=O) groups excluding carboxylic acids is 1. The minimum Gasteiger partial charge on any atom is -0.497 e. The first-order valence-corrected chi connectivity index (χ1v) is 7.31. The van der Waals surface area contributed by atoms with Gasteiger partial charge in [-0.3, -0.25) is 4.79 Å². The summed E-state index contributed by atoms with van der Waals surface area (Å²) in [6, 6.07) is 7.91. The zero-order valence-electron chi connectivity index (χ0n) is 13.1. The smallest absolute Gasteiger partial charge is 0.254 e. The molecule has 0 aliphatic heterocycles. The van der Waals surface area contributed by atoms with Gasteiger partial charge in [0.25, 0.3) is 5.91 Å². The molecular weight excluding hydrogens is 292 g/mol. The van der Waals surface area contributed by atoms with E-state index in [4.69, 9.17) is 4.74 Å². The first-order valence-electron chi connectivity index (χ1n) is 7.31. The number of nitrogens with one attached hydrogen (secondary N) is 2. The van der Waals surface area contributed by atoms with Crippen molar-refractivity contribution in [2.24, 2.45) is 0 Å². The number of rotatable bonds is 8. The molecule has 0 radical (unpaired) electrons. The van der Waals surface area contributed by atoms with E-state index in [2.05, 4.69) is 27.2 Å². The highest BCUT2D eigenvalue weighted by Crippen LogP contribution is 2.13. The third-order valence-corrected chi connectivity index (χ3v) is 3.15. The van der Waals surface area contributed by atoms with E-state index in [1.807, 2.05) is 24.3 Å². The summed E-state index contributed by atoms with van der Waals surface area (Å²) < 4.78 is 5.19. The summed E-state index contributed by atoms with van der Waals surface area (Å²) in [5, 5.41) is 5.80. The molecular formula is C17H20N4O2. The molecule has 0 aliphatic carbocycles. The third kappa shape index (κ3) is 5.10. The molecule has 1 amide bonds. The normalized spacial score (nSPS) is 9.96. The average molecular weight is 312 g/mol. The number of amides is 1. The highest BCUT2D eigenvalue weighted by Gasteiger charge is 2.05. The minimum absolute atomic E-state index is 0.215. The van der Waals surface area contributed by atoms with Gasteiger partial charge in [0.15, 0.2) is 0 Å². The van der Waals surface area contributed by atoms with Gasteiger partial charge in [0.2, 0.25) is 5.95 Å². The van der Waals surface area contributed by atoms with Crippen molar-refractivity contribution in [1.82, 2.24) is 15.3 Å². The molecule has 1 heterocycles. The summed E-state index contributed by atoms with van der Waals surface area (Å²) in [7, 11) is 1.65. The van der Waals surface area contributed by atoms with Gasteiger partial charge in [-0.1, -0.05) is 18.2 Å². The van der Waals surface area contributed by atoms with E-state index in [0.29, 0.717) is 24.6 Å². The monoisotopic (exact) mass is 312 g/mol. The lowest BCUT2D eigenvalue weighted by atomic mass is 10.1. The van der Waals surface area contributed by atoms with Crippen molar-refractivity contribution in [3.8, 4) is 5.75 Å². The van der Waals surface area contributed by atoms with Gasteiger partial charge < -0.3 is 15.4 Å². The Kier molecular flexibility index (Phi) is 6.11. The van der Waals surface area contributed by atoms with Gasteiger partial charge in [-0.15, -0.1) is 6.58 Å². The van der Waals surface area contributed by atoms with Crippen LogP contribution >= 0.6 is 0 Å². The fourth-order valence-corrected chi connectivity index (χ4v) is 1.95.